The number of nitrogens with one attached hydrogen (secondary N) is 1. The minimum absolute atomic E-state index is 0.105. The van der Waals surface area contributed by atoms with Crippen molar-refractivity contribution >= 4 is 33.6 Å². The van der Waals surface area contributed by atoms with Gasteiger partial charge in [0.2, 0.25) is 5.91 Å². The Morgan fingerprint density at radius 3 is 2.90 bits per heavy atom. The molecule has 2 N–H and O–H groups in total. The van der Waals surface area contributed by atoms with Gasteiger partial charge in [-0.3, -0.25) is 14.5 Å². The maximum atomic E-state index is 12.3. The molecule has 1 amide bonds. The Labute approximate surface area is 131 Å². The number of carboxylic acid groups (broad SMARTS) is 1. The number of piperidine rings is 1. The minimum Gasteiger partial charge on any atom is -0.480 e. The number of aromatic nitrogens is 1. The van der Waals surface area contributed by atoms with Crippen molar-refractivity contribution < 1.29 is 14.7 Å². The maximum absolute atomic E-state index is 12.3. The minimum atomic E-state index is -0.856. The fourth-order valence-corrected chi connectivity index (χ4v) is 2.64. The summed E-state index contributed by atoms with van der Waals surface area (Å²) < 4.78 is 0.847. The second-order valence-electron chi connectivity index (χ2n) is 5.20. The molecule has 2 rings (SSSR count). The van der Waals surface area contributed by atoms with Crippen LogP contribution in [0.3, 0.4) is 0 Å². The largest absolute Gasteiger partial charge is 0.480 e. The van der Waals surface area contributed by atoms with Crippen LogP contribution in [0.15, 0.2) is 22.8 Å². The predicted molar refractivity (Wildman–Crippen MR) is 82.0 cm³/mol. The monoisotopic (exact) mass is 355 g/mol. The lowest BCUT2D eigenvalue weighted by molar-refractivity contribution is -0.144. The number of anilines is 1. The van der Waals surface area contributed by atoms with E-state index in [0.717, 1.165) is 17.3 Å². The first kappa shape index (κ1) is 15.9. The molecule has 0 spiro atoms. The molecule has 2 heterocycles. The highest BCUT2D eigenvalue weighted by Gasteiger charge is 2.30. The van der Waals surface area contributed by atoms with Crippen LogP contribution in [0.5, 0.6) is 0 Å². The summed E-state index contributed by atoms with van der Waals surface area (Å²) in [5.74, 6) is -0.657. The third kappa shape index (κ3) is 4.25. The molecule has 1 aliphatic heterocycles. The van der Waals surface area contributed by atoms with E-state index in [1.54, 1.807) is 19.2 Å². The Balaban J connectivity index is 1.95. The van der Waals surface area contributed by atoms with Crippen molar-refractivity contribution in [3.8, 4) is 0 Å². The molecule has 0 radical (unpaired) electrons. The number of halogens is 1. The third-order valence-electron chi connectivity index (χ3n) is 3.71. The summed E-state index contributed by atoms with van der Waals surface area (Å²) in [6, 6.07) is 2.97. The number of likely N-dealkylation sites (tertiary alicyclic amines) is 1. The van der Waals surface area contributed by atoms with Crippen LogP contribution < -0.4 is 5.32 Å². The number of rotatable bonds is 4. The number of amides is 1. The van der Waals surface area contributed by atoms with Gasteiger partial charge in [-0.1, -0.05) is 0 Å². The first-order chi connectivity index (χ1) is 9.97. The summed E-state index contributed by atoms with van der Waals surface area (Å²) in [4.78, 5) is 29.2. The third-order valence-corrected chi connectivity index (χ3v) is 4.18. The van der Waals surface area contributed by atoms with E-state index in [1.165, 1.54) is 0 Å². The van der Waals surface area contributed by atoms with Crippen molar-refractivity contribution in [1.82, 2.24) is 9.88 Å². The Morgan fingerprint density at radius 2 is 2.29 bits per heavy atom. The standard InChI is InChI=1S/C14H18BrN3O3/c1-9(14(20)21)18-6-2-3-10(8-18)13(19)17-12-5-4-11(15)7-16-12/h4-5,7,9-10H,2-3,6,8H2,1H3,(H,20,21)(H,16,17,19). The molecule has 0 aliphatic carbocycles. The highest BCUT2D eigenvalue weighted by Crippen LogP contribution is 2.20. The molecule has 114 valence electrons. The predicted octanol–water partition coefficient (Wildman–Crippen LogP) is 1.97. The van der Waals surface area contributed by atoms with Crippen molar-refractivity contribution in [2.24, 2.45) is 5.92 Å². The summed E-state index contributed by atoms with van der Waals surface area (Å²) in [6.45, 7) is 2.84. The van der Waals surface area contributed by atoms with Gasteiger partial charge in [0, 0.05) is 17.2 Å². The van der Waals surface area contributed by atoms with Crippen LogP contribution in [0.25, 0.3) is 0 Å². The molecule has 0 aromatic carbocycles. The van der Waals surface area contributed by atoms with Crippen LogP contribution >= 0.6 is 15.9 Å². The number of carbonyl (C=O) groups excluding carboxylic acids is 1. The van der Waals surface area contributed by atoms with E-state index in [0.29, 0.717) is 18.9 Å². The van der Waals surface area contributed by atoms with Crippen LogP contribution in [0.1, 0.15) is 19.8 Å². The van der Waals surface area contributed by atoms with E-state index < -0.39 is 12.0 Å². The van der Waals surface area contributed by atoms with E-state index in [-0.39, 0.29) is 11.8 Å². The van der Waals surface area contributed by atoms with Gasteiger partial charge in [0.05, 0.1) is 5.92 Å². The zero-order valence-electron chi connectivity index (χ0n) is 11.8. The summed E-state index contributed by atoms with van der Waals surface area (Å²) in [5.41, 5.74) is 0. The molecule has 2 atom stereocenters. The number of carbonyl (C=O) groups is 2. The summed E-state index contributed by atoms with van der Waals surface area (Å²) in [5, 5.41) is 11.8. The lowest BCUT2D eigenvalue weighted by Crippen LogP contribution is -2.47. The molecular weight excluding hydrogens is 338 g/mol. The lowest BCUT2D eigenvalue weighted by atomic mass is 9.96. The maximum Gasteiger partial charge on any atom is 0.320 e. The topological polar surface area (TPSA) is 82.5 Å². The molecule has 1 aliphatic rings. The smallest absolute Gasteiger partial charge is 0.320 e. The number of hydrogen-bond acceptors (Lipinski definition) is 4. The van der Waals surface area contributed by atoms with Gasteiger partial charge in [0.15, 0.2) is 0 Å². The number of hydrogen-bond donors (Lipinski definition) is 2. The summed E-state index contributed by atoms with van der Waals surface area (Å²) in [7, 11) is 0. The highest BCUT2D eigenvalue weighted by molar-refractivity contribution is 9.10. The van der Waals surface area contributed by atoms with Crippen LogP contribution in [0, 0.1) is 5.92 Å². The molecule has 6 nitrogen and oxygen atoms in total. The Morgan fingerprint density at radius 1 is 1.52 bits per heavy atom. The molecule has 7 heteroatoms. The van der Waals surface area contributed by atoms with Gasteiger partial charge in [-0.05, 0) is 54.4 Å². The fraction of sp³-hybridized carbons (Fsp3) is 0.500. The molecule has 1 aromatic rings. The second-order valence-corrected chi connectivity index (χ2v) is 6.11. The van der Waals surface area contributed by atoms with Crippen LogP contribution in [0.2, 0.25) is 0 Å². The van der Waals surface area contributed by atoms with E-state index in [9.17, 15) is 9.59 Å². The van der Waals surface area contributed by atoms with Crippen LogP contribution in [-0.4, -0.2) is 46.0 Å². The first-order valence-electron chi connectivity index (χ1n) is 6.86. The van der Waals surface area contributed by atoms with Gasteiger partial charge in [0.25, 0.3) is 0 Å². The van der Waals surface area contributed by atoms with Crippen molar-refractivity contribution in [1.29, 1.82) is 0 Å². The van der Waals surface area contributed by atoms with Gasteiger partial charge in [-0.15, -0.1) is 0 Å². The SMILES string of the molecule is CC(C(=O)O)N1CCCC(C(=O)Nc2ccc(Br)cn2)C1. The Kier molecular flexibility index (Phi) is 5.30. The molecule has 1 saturated heterocycles. The first-order valence-corrected chi connectivity index (χ1v) is 7.66. The number of nitrogens with zero attached hydrogens (tertiary/aromatic N) is 2. The Hall–Kier alpha value is -1.47. The summed E-state index contributed by atoms with van der Waals surface area (Å²) in [6.07, 6.45) is 3.21. The zero-order valence-corrected chi connectivity index (χ0v) is 13.3. The highest BCUT2D eigenvalue weighted by atomic mass is 79.9. The van der Waals surface area contributed by atoms with E-state index in [1.807, 2.05) is 11.0 Å². The fourth-order valence-electron chi connectivity index (χ4n) is 2.41. The van der Waals surface area contributed by atoms with Crippen molar-refractivity contribution in [3.05, 3.63) is 22.8 Å². The number of aliphatic carboxylic acids is 1. The van der Waals surface area contributed by atoms with Crippen molar-refractivity contribution in [2.75, 3.05) is 18.4 Å². The van der Waals surface area contributed by atoms with E-state index in [4.69, 9.17) is 5.11 Å². The van der Waals surface area contributed by atoms with Gasteiger partial charge < -0.3 is 10.4 Å². The quantitative estimate of drug-likeness (QED) is 0.862. The molecule has 0 saturated carbocycles. The summed E-state index contributed by atoms with van der Waals surface area (Å²) >= 11 is 3.29. The van der Waals surface area contributed by atoms with Gasteiger partial charge in [-0.2, -0.15) is 0 Å². The number of pyridine rings is 1. The van der Waals surface area contributed by atoms with Crippen LogP contribution in [0.4, 0.5) is 5.82 Å². The molecule has 21 heavy (non-hydrogen) atoms. The van der Waals surface area contributed by atoms with Gasteiger partial charge >= 0.3 is 5.97 Å². The van der Waals surface area contributed by atoms with Gasteiger partial charge in [-0.25, -0.2) is 4.98 Å². The van der Waals surface area contributed by atoms with Crippen molar-refractivity contribution in [2.45, 2.75) is 25.8 Å². The molecular formula is C14H18BrN3O3. The normalized spacial score (nSPS) is 20.8. The average molecular weight is 356 g/mol. The number of carboxylic acids is 1. The average Bonchev–Trinajstić information content (AvgIpc) is 2.48. The molecule has 1 fully saturated rings. The van der Waals surface area contributed by atoms with Gasteiger partial charge in [0.1, 0.15) is 11.9 Å². The lowest BCUT2D eigenvalue weighted by Gasteiger charge is -2.34. The van der Waals surface area contributed by atoms with E-state index in [2.05, 4.69) is 26.2 Å². The molecule has 1 aromatic heterocycles. The second kappa shape index (κ2) is 7.00. The van der Waals surface area contributed by atoms with E-state index >= 15 is 0 Å². The molecule has 0 bridgehead atoms. The zero-order chi connectivity index (χ0) is 15.4. The molecule has 2 unspecified atom stereocenters. The Bertz CT molecular complexity index is 521. The van der Waals surface area contributed by atoms with Crippen molar-refractivity contribution in [3.63, 3.8) is 0 Å². The van der Waals surface area contributed by atoms with Crippen LogP contribution in [-0.2, 0) is 9.59 Å².